The van der Waals surface area contributed by atoms with Crippen LogP contribution in [0.4, 0.5) is 15.9 Å². The largest absolute Gasteiger partial charge is 0.366 e. The Bertz CT molecular complexity index is 786. The van der Waals surface area contributed by atoms with Crippen molar-refractivity contribution in [2.45, 2.75) is 0 Å². The zero-order valence-corrected chi connectivity index (χ0v) is 16.0. The second-order valence-corrected chi connectivity index (χ2v) is 7.27. The van der Waals surface area contributed by atoms with Gasteiger partial charge in [-0.15, -0.1) is 0 Å². The molecule has 0 aliphatic carbocycles. The predicted molar refractivity (Wildman–Crippen MR) is 108 cm³/mol. The SMILES string of the molecule is O=C(CN1CCN(c2ccccn2)CC1)N1CCN(c2ccccc2F)CC1. The molecule has 0 atom stereocenters. The highest BCUT2D eigenvalue weighted by Gasteiger charge is 2.25. The Kier molecular flexibility index (Phi) is 5.71. The number of hydrogen-bond acceptors (Lipinski definition) is 5. The molecule has 2 saturated heterocycles. The van der Waals surface area contributed by atoms with Gasteiger partial charge in [0.1, 0.15) is 11.6 Å². The Morgan fingerprint density at radius 3 is 2.21 bits per heavy atom. The summed E-state index contributed by atoms with van der Waals surface area (Å²) in [5.74, 6) is 0.963. The van der Waals surface area contributed by atoms with E-state index < -0.39 is 0 Å². The molecule has 4 rings (SSSR count). The molecule has 148 valence electrons. The third-order valence-corrected chi connectivity index (χ3v) is 5.53. The van der Waals surface area contributed by atoms with Crippen molar-refractivity contribution in [2.24, 2.45) is 0 Å². The molecule has 0 spiro atoms. The van der Waals surface area contributed by atoms with Gasteiger partial charge in [0.2, 0.25) is 5.91 Å². The number of halogens is 1. The van der Waals surface area contributed by atoms with E-state index in [2.05, 4.69) is 14.8 Å². The van der Waals surface area contributed by atoms with Crippen molar-refractivity contribution < 1.29 is 9.18 Å². The van der Waals surface area contributed by atoms with E-state index in [0.717, 1.165) is 32.0 Å². The maximum absolute atomic E-state index is 14.0. The van der Waals surface area contributed by atoms with E-state index in [0.29, 0.717) is 38.4 Å². The van der Waals surface area contributed by atoms with Gasteiger partial charge in [0, 0.05) is 58.6 Å². The molecule has 2 fully saturated rings. The summed E-state index contributed by atoms with van der Waals surface area (Å²) in [6.07, 6.45) is 1.81. The molecule has 1 amide bonds. The van der Waals surface area contributed by atoms with Crippen LogP contribution in [0.3, 0.4) is 0 Å². The summed E-state index contributed by atoms with van der Waals surface area (Å²) in [7, 11) is 0. The van der Waals surface area contributed by atoms with E-state index in [1.165, 1.54) is 6.07 Å². The summed E-state index contributed by atoms with van der Waals surface area (Å²) < 4.78 is 14.0. The average molecular weight is 383 g/mol. The summed E-state index contributed by atoms with van der Waals surface area (Å²) in [6.45, 7) is 6.55. The lowest BCUT2D eigenvalue weighted by Crippen LogP contribution is -2.54. The average Bonchev–Trinajstić information content (AvgIpc) is 2.75. The van der Waals surface area contributed by atoms with Crippen LogP contribution in [0.5, 0.6) is 0 Å². The number of aromatic nitrogens is 1. The molecule has 0 unspecified atom stereocenters. The number of piperazine rings is 2. The number of carbonyl (C=O) groups is 1. The van der Waals surface area contributed by atoms with Crippen molar-refractivity contribution in [3.05, 3.63) is 54.5 Å². The monoisotopic (exact) mass is 383 g/mol. The summed E-state index contributed by atoms with van der Waals surface area (Å²) in [5.41, 5.74) is 0.625. The summed E-state index contributed by atoms with van der Waals surface area (Å²) in [4.78, 5) is 25.5. The number of hydrogen-bond donors (Lipinski definition) is 0. The van der Waals surface area contributed by atoms with Crippen molar-refractivity contribution in [3.63, 3.8) is 0 Å². The van der Waals surface area contributed by atoms with Gasteiger partial charge < -0.3 is 14.7 Å². The Hall–Kier alpha value is -2.67. The van der Waals surface area contributed by atoms with E-state index >= 15 is 0 Å². The number of nitrogens with zero attached hydrogens (tertiary/aromatic N) is 5. The van der Waals surface area contributed by atoms with Gasteiger partial charge >= 0.3 is 0 Å². The minimum absolute atomic E-state index is 0.166. The molecule has 0 bridgehead atoms. The quantitative estimate of drug-likeness (QED) is 0.804. The van der Waals surface area contributed by atoms with Crippen LogP contribution < -0.4 is 9.80 Å². The molecule has 1 aromatic carbocycles. The van der Waals surface area contributed by atoms with Gasteiger partial charge in [0.15, 0.2) is 0 Å². The molecular formula is C21H26FN5O. The zero-order valence-electron chi connectivity index (χ0n) is 16.0. The third kappa shape index (κ3) is 4.25. The fourth-order valence-corrected chi connectivity index (χ4v) is 3.87. The predicted octanol–water partition coefficient (Wildman–Crippen LogP) is 1.69. The molecule has 1 aromatic heterocycles. The maximum Gasteiger partial charge on any atom is 0.236 e. The second-order valence-electron chi connectivity index (χ2n) is 7.27. The molecule has 28 heavy (non-hydrogen) atoms. The number of para-hydroxylation sites is 1. The fraction of sp³-hybridized carbons (Fsp3) is 0.429. The third-order valence-electron chi connectivity index (χ3n) is 5.53. The number of pyridine rings is 1. The van der Waals surface area contributed by atoms with Crippen molar-refractivity contribution in [2.75, 3.05) is 68.7 Å². The first-order chi connectivity index (χ1) is 13.7. The molecule has 2 aliphatic rings. The Morgan fingerprint density at radius 2 is 1.54 bits per heavy atom. The molecule has 0 radical (unpaired) electrons. The molecule has 2 aliphatic heterocycles. The topological polar surface area (TPSA) is 42.9 Å². The Balaban J connectivity index is 1.24. The zero-order chi connectivity index (χ0) is 19.3. The van der Waals surface area contributed by atoms with Gasteiger partial charge in [-0.25, -0.2) is 9.37 Å². The molecule has 7 heteroatoms. The van der Waals surface area contributed by atoms with Crippen LogP contribution in [0, 0.1) is 5.82 Å². The van der Waals surface area contributed by atoms with E-state index in [1.54, 1.807) is 12.1 Å². The summed E-state index contributed by atoms with van der Waals surface area (Å²) in [6, 6.07) is 12.8. The lowest BCUT2D eigenvalue weighted by molar-refractivity contribution is -0.132. The van der Waals surface area contributed by atoms with Crippen LogP contribution in [-0.4, -0.2) is 79.6 Å². The highest BCUT2D eigenvalue weighted by molar-refractivity contribution is 5.78. The molecule has 3 heterocycles. The van der Waals surface area contributed by atoms with Crippen LogP contribution in [-0.2, 0) is 4.79 Å². The van der Waals surface area contributed by atoms with E-state index in [4.69, 9.17) is 0 Å². The highest BCUT2D eigenvalue weighted by atomic mass is 19.1. The van der Waals surface area contributed by atoms with Gasteiger partial charge in [0.25, 0.3) is 0 Å². The van der Waals surface area contributed by atoms with Crippen LogP contribution in [0.2, 0.25) is 0 Å². The molecule has 0 saturated carbocycles. The summed E-state index contributed by atoms with van der Waals surface area (Å²) in [5, 5.41) is 0. The van der Waals surface area contributed by atoms with Crippen LogP contribution >= 0.6 is 0 Å². The first-order valence-electron chi connectivity index (χ1n) is 9.86. The van der Waals surface area contributed by atoms with Crippen molar-refractivity contribution in [1.29, 1.82) is 0 Å². The summed E-state index contributed by atoms with van der Waals surface area (Å²) >= 11 is 0. The van der Waals surface area contributed by atoms with Gasteiger partial charge in [-0.1, -0.05) is 18.2 Å². The van der Waals surface area contributed by atoms with Crippen LogP contribution in [0.25, 0.3) is 0 Å². The fourth-order valence-electron chi connectivity index (χ4n) is 3.87. The lowest BCUT2D eigenvalue weighted by Gasteiger charge is -2.39. The number of benzene rings is 1. The number of carbonyl (C=O) groups excluding carboxylic acids is 1. The van der Waals surface area contributed by atoms with Gasteiger partial charge in [-0.3, -0.25) is 9.69 Å². The van der Waals surface area contributed by atoms with Crippen LogP contribution in [0.15, 0.2) is 48.7 Å². The second kappa shape index (κ2) is 8.56. The van der Waals surface area contributed by atoms with Crippen LogP contribution in [0.1, 0.15) is 0 Å². The maximum atomic E-state index is 14.0. The Morgan fingerprint density at radius 1 is 0.857 bits per heavy atom. The Labute approximate surface area is 165 Å². The van der Waals surface area contributed by atoms with Gasteiger partial charge in [-0.05, 0) is 24.3 Å². The number of rotatable bonds is 4. The molecule has 6 nitrogen and oxygen atoms in total. The standard InChI is InChI=1S/C21H26FN5O/c22-18-5-1-2-6-19(18)25-13-15-27(16-14-25)21(28)17-24-9-11-26(12-10-24)20-7-3-4-8-23-20/h1-8H,9-17H2. The normalized spacial score (nSPS) is 18.4. The van der Waals surface area contributed by atoms with E-state index in [-0.39, 0.29) is 11.7 Å². The van der Waals surface area contributed by atoms with Crippen molar-refractivity contribution in [3.8, 4) is 0 Å². The lowest BCUT2D eigenvalue weighted by atomic mass is 10.2. The first kappa shape index (κ1) is 18.7. The van der Waals surface area contributed by atoms with Gasteiger partial charge in [0.05, 0.1) is 12.2 Å². The van der Waals surface area contributed by atoms with E-state index in [1.807, 2.05) is 40.3 Å². The van der Waals surface area contributed by atoms with Crippen molar-refractivity contribution in [1.82, 2.24) is 14.8 Å². The smallest absolute Gasteiger partial charge is 0.236 e. The molecular weight excluding hydrogens is 357 g/mol. The number of anilines is 2. The minimum Gasteiger partial charge on any atom is -0.366 e. The van der Waals surface area contributed by atoms with Crippen molar-refractivity contribution >= 4 is 17.4 Å². The molecule has 0 N–H and O–H groups in total. The molecule has 2 aromatic rings. The first-order valence-corrected chi connectivity index (χ1v) is 9.86. The van der Waals surface area contributed by atoms with E-state index in [9.17, 15) is 9.18 Å². The number of amides is 1. The minimum atomic E-state index is -0.201. The highest BCUT2D eigenvalue weighted by Crippen LogP contribution is 2.20. The van der Waals surface area contributed by atoms with Gasteiger partial charge in [-0.2, -0.15) is 0 Å².